The summed E-state index contributed by atoms with van der Waals surface area (Å²) in [5.74, 6) is -0.310. The molecule has 1 aliphatic rings. The number of hydrogen-bond acceptors (Lipinski definition) is 3. The molecule has 0 aliphatic heterocycles. The quantitative estimate of drug-likeness (QED) is 0.460. The molecule has 2 aromatic carbocycles. The van der Waals surface area contributed by atoms with Gasteiger partial charge in [0.15, 0.2) is 0 Å². The monoisotopic (exact) mass is 488 g/mol. The smallest absolute Gasteiger partial charge is 0.306 e. The maximum absolute atomic E-state index is 11.6. The van der Waals surface area contributed by atoms with Crippen LogP contribution in [0.2, 0.25) is 0 Å². The van der Waals surface area contributed by atoms with Crippen LogP contribution in [0.3, 0.4) is 0 Å². The van der Waals surface area contributed by atoms with Crippen molar-refractivity contribution in [1.29, 1.82) is 0 Å². The molecule has 31 heavy (non-hydrogen) atoms. The molecule has 2 aromatic rings. The lowest BCUT2D eigenvalue weighted by Crippen LogP contribution is -2.23. The Labute approximate surface area is 194 Å². The van der Waals surface area contributed by atoms with Gasteiger partial charge in [-0.3, -0.25) is 4.79 Å². The van der Waals surface area contributed by atoms with Crippen molar-refractivity contribution in [2.45, 2.75) is 65.6 Å². The predicted molar refractivity (Wildman–Crippen MR) is 127 cm³/mol. The number of hydrogen-bond donors (Lipinski definition) is 1. The summed E-state index contributed by atoms with van der Waals surface area (Å²) in [6.45, 7) is 8.74. The van der Waals surface area contributed by atoms with Crippen LogP contribution in [0.5, 0.6) is 5.75 Å². The summed E-state index contributed by atoms with van der Waals surface area (Å²) in [6.07, 6.45) is 2.90. The molecule has 5 heteroatoms. The second kappa shape index (κ2) is 9.74. The Kier molecular flexibility index (Phi) is 7.48. The standard InChI is InChI=1S/C26H33BrO4/c1-16(25(28)29)20-8-6-7-18-10-11-19(14-21(18)20)31-15-17-9-12-23(27)22(13-17)24(30-5)26(2,3)4/h9-14,16,20,24H,6-8,15H2,1-5H3,(H,28,29)/t16-,20?,24+/m0/s1. The normalized spacial score (nSPS) is 18.2. The lowest BCUT2D eigenvalue weighted by molar-refractivity contribution is -0.142. The molecule has 4 nitrogen and oxygen atoms in total. The largest absolute Gasteiger partial charge is 0.489 e. The lowest BCUT2D eigenvalue weighted by Gasteiger charge is -2.31. The number of methoxy groups -OCH3 is 1. The third-order valence-electron chi connectivity index (χ3n) is 6.24. The first-order valence-electron chi connectivity index (χ1n) is 10.9. The van der Waals surface area contributed by atoms with E-state index >= 15 is 0 Å². The van der Waals surface area contributed by atoms with Crippen molar-refractivity contribution in [3.8, 4) is 5.75 Å². The van der Waals surface area contributed by atoms with E-state index in [4.69, 9.17) is 9.47 Å². The highest BCUT2D eigenvalue weighted by molar-refractivity contribution is 9.10. The van der Waals surface area contributed by atoms with E-state index in [0.29, 0.717) is 6.61 Å². The summed E-state index contributed by atoms with van der Waals surface area (Å²) >= 11 is 3.66. The third kappa shape index (κ3) is 5.50. The Balaban J connectivity index is 1.80. The van der Waals surface area contributed by atoms with Gasteiger partial charge >= 0.3 is 5.97 Å². The molecular formula is C26H33BrO4. The molecule has 0 bridgehead atoms. The first kappa shape index (κ1) is 23.8. The van der Waals surface area contributed by atoms with Gasteiger partial charge < -0.3 is 14.6 Å². The second-order valence-electron chi connectivity index (χ2n) is 9.61. The number of rotatable bonds is 7. The van der Waals surface area contributed by atoms with Crippen molar-refractivity contribution in [1.82, 2.24) is 0 Å². The van der Waals surface area contributed by atoms with Crippen molar-refractivity contribution in [3.05, 3.63) is 63.1 Å². The Morgan fingerprint density at radius 1 is 1.23 bits per heavy atom. The molecule has 0 saturated heterocycles. The number of aliphatic carboxylic acids is 1. The summed E-state index contributed by atoms with van der Waals surface area (Å²) < 4.78 is 13.0. The summed E-state index contributed by atoms with van der Waals surface area (Å²) in [4.78, 5) is 11.6. The van der Waals surface area contributed by atoms with E-state index in [2.05, 4.69) is 54.9 Å². The molecule has 0 saturated carbocycles. The van der Waals surface area contributed by atoms with Gasteiger partial charge in [-0.25, -0.2) is 0 Å². The van der Waals surface area contributed by atoms with Gasteiger partial charge in [-0.05, 0) is 77.1 Å². The molecule has 0 spiro atoms. The van der Waals surface area contributed by atoms with Crippen molar-refractivity contribution < 1.29 is 19.4 Å². The van der Waals surface area contributed by atoms with Crippen LogP contribution in [-0.4, -0.2) is 18.2 Å². The van der Waals surface area contributed by atoms with E-state index in [9.17, 15) is 9.90 Å². The number of fused-ring (bicyclic) bond motifs is 1. The van der Waals surface area contributed by atoms with Crippen LogP contribution in [0.15, 0.2) is 40.9 Å². The molecule has 168 valence electrons. The molecule has 3 atom stereocenters. The summed E-state index contributed by atoms with van der Waals surface area (Å²) in [7, 11) is 1.74. The third-order valence-corrected chi connectivity index (χ3v) is 6.96. The first-order chi connectivity index (χ1) is 14.6. The Hall–Kier alpha value is -1.85. The maximum atomic E-state index is 11.6. The minimum Gasteiger partial charge on any atom is -0.489 e. The van der Waals surface area contributed by atoms with Crippen LogP contribution in [0, 0.1) is 11.3 Å². The first-order valence-corrected chi connectivity index (χ1v) is 11.7. The van der Waals surface area contributed by atoms with E-state index < -0.39 is 11.9 Å². The van der Waals surface area contributed by atoms with Crippen LogP contribution in [0.4, 0.5) is 0 Å². The Morgan fingerprint density at radius 3 is 2.61 bits per heavy atom. The van der Waals surface area contributed by atoms with Crippen molar-refractivity contribution >= 4 is 21.9 Å². The molecule has 0 heterocycles. The van der Waals surface area contributed by atoms with Gasteiger partial charge in [0.2, 0.25) is 0 Å². The van der Waals surface area contributed by atoms with E-state index in [1.54, 1.807) is 14.0 Å². The van der Waals surface area contributed by atoms with E-state index in [-0.39, 0.29) is 17.4 Å². The number of carbonyl (C=O) groups is 1. The Bertz CT molecular complexity index is 931. The Morgan fingerprint density at radius 2 is 1.97 bits per heavy atom. The van der Waals surface area contributed by atoms with Crippen molar-refractivity contribution in [2.24, 2.45) is 11.3 Å². The maximum Gasteiger partial charge on any atom is 0.306 e. The van der Waals surface area contributed by atoms with Gasteiger partial charge in [-0.2, -0.15) is 0 Å². The van der Waals surface area contributed by atoms with E-state index in [1.807, 2.05) is 18.2 Å². The van der Waals surface area contributed by atoms with Crippen LogP contribution < -0.4 is 4.74 Å². The average molecular weight is 489 g/mol. The zero-order valence-corrected chi connectivity index (χ0v) is 20.7. The fraction of sp³-hybridized carbons (Fsp3) is 0.500. The predicted octanol–water partition coefficient (Wildman–Crippen LogP) is 6.90. The number of carboxylic acid groups (broad SMARTS) is 1. The van der Waals surface area contributed by atoms with Crippen molar-refractivity contribution in [3.63, 3.8) is 0 Å². The van der Waals surface area contributed by atoms with Gasteiger partial charge in [0.1, 0.15) is 12.4 Å². The second-order valence-corrected chi connectivity index (χ2v) is 10.5. The zero-order valence-electron chi connectivity index (χ0n) is 19.1. The number of carboxylic acids is 1. The van der Waals surface area contributed by atoms with Crippen LogP contribution >= 0.6 is 15.9 Å². The molecule has 0 aromatic heterocycles. The fourth-order valence-corrected chi connectivity index (χ4v) is 5.05. The topological polar surface area (TPSA) is 55.8 Å². The van der Waals surface area contributed by atoms with Gasteiger partial charge in [0.05, 0.1) is 12.0 Å². The van der Waals surface area contributed by atoms with Gasteiger partial charge in [-0.1, -0.05) is 55.8 Å². The van der Waals surface area contributed by atoms with Gasteiger partial charge in [0, 0.05) is 11.6 Å². The SMILES string of the molecule is CO[C@H](c1cc(COc2ccc3c(c2)C([C@H](C)C(=O)O)CCC3)ccc1Br)C(C)(C)C. The number of halogens is 1. The highest BCUT2D eigenvalue weighted by atomic mass is 79.9. The van der Waals surface area contributed by atoms with Crippen molar-refractivity contribution in [2.75, 3.05) is 7.11 Å². The average Bonchev–Trinajstić information content (AvgIpc) is 2.72. The lowest BCUT2D eigenvalue weighted by atomic mass is 9.76. The van der Waals surface area contributed by atoms with Crippen LogP contribution in [0.25, 0.3) is 0 Å². The number of ether oxygens (including phenoxy) is 2. The molecule has 1 aliphatic carbocycles. The molecule has 1 N–H and O–H groups in total. The molecular weight excluding hydrogens is 456 g/mol. The fourth-order valence-electron chi connectivity index (χ4n) is 4.59. The van der Waals surface area contributed by atoms with Gasteiger partial charge in [0.25, 0.3) is 0 Å². The van der Waals surface area contributed by atoms with Gasteiger partial charge in [-0.15, -0.1) is 0 Å². The number of benzene rings is 2. The van der Waals surface area contributed by atoms with E-state index in [1.165, 1.54) is 5.56 Å². The molecule has 3 rings (SSSR count). The molecule has 0 fully saturated rings. The minimum atomic E-state index is -0.738. The summed E-state index contributed by atoms with van der Waals surface area (Å²) in [5, 5.41) is 9.51. The summed E-state index contributed by atoms with van der Waals surface area (Å²) in [6, 6.07) is 12.4. The zero-order chi connectivity index (χ0) is 22.8. The molecule has 0 radical (unpaired) electrons. The molecule has 0 amide bonds. The van der Waals surface area contributed by atoms with Crippen LogP contribution in [-0.2, 0) is 22.6 Å². The summed E-state index contributed by atoms with van der Waals surface area (Å²) in [5.41, 5.74) is 4.51. The number of aryl methyl sites for hydroxylation is 1. The van der Waals surface area contributed by atoms with Crippen LogP contribution in [0.1, 0.15) is 74.8 Å². The minimum absolute atomic E-state index is 0.0366. The molecule has 1 unspecified atom stereocenters. The van der Waals surface area contributed by atoms with E-state index in [0.717, 1.165) is 46.2 Å². The highest BCUT2D eigenvalue weighted by Crippen LogP contribution is 2.40. The highest BCUT2D eigenvalue weighted by Gasteiger charge is 2.30.